The molecule has 0 aliphatic carbocycles. The minimum atomic E-state index is -0.352. The van der Waals surface area contributed by atoms with Gasteiger partial charge < -0.3 is 5.32 Å². The number of pyridine rings is 1. The summed E-state index contributed by atoms with van der Waals surface area (Å²) in [5.41, 5.74) is 1.70. The first-order chi connectivity index (χ1) is 15.1. The van der Waals surface area contributed by atoms with E-state index in [1.54, 1.807) is 29.1 Å². The van der Waals surface area contributed by atoms with Crippen LogP contribution in [0.25, 0.3) is 16.7 Å². The summed E-state index contributed by atoms with van der Waals surface area (Å²) in [6, 6.07) is 9.24. The summed E-state index contributed by atoms with van der Waals surface area (Å²) in [6.07, 6.45) is 5.02. The molecule has 1 atom stereocenters. The molecule has 0 radical (unpaired) electrons. The third kappa shape index (κ3) is 3.70. The van der Waals surface area contributed by atoms with Gasteiger partial charge in [0.15, 0.2) is 10.8 Å². The Morgan fingerprint density at radius 3 is 2.84 bits per heavy atom. The molecule has 1 aliphatic heterocycles. The van der Waals surface area contributed by atoms with Crippen LogP contribution < -0.4 is 10.9 Å². The second-order valence-corrected chi connectivity index (χ2v) is 8.13. The van der Waals surface area contributed by atoms with Crippen LogP contribution in [0.4, 0.5) is 4.39 Å². The second kappa shape index (κ2) is 7.95. The number of benzene rings is 1. The van der Waals surface area contributed by atoms with E-state index >= 15 is 0 Å². The van der Waals surface area contributed by atoms with Crippen molar-refractivity contribution < 1.29 is 9.18 Å². The molecule has 1 amide bonds. The van der Waals surface area contributed by atoms with Gasteiger partial charge >= 0.3 is 0 Å². The summed E-state index contributed by atoms with van der Waals surface area (Å²) in [7, 11) is 0. The second-order valence-electron chi connectivity index (χ2n) is 7.15. The van der Waals surface area contributed by atoms with E-state index in [2.05, 4.69) is 20.4 Å². The highest BCUT2D eigenvalue weighted by molar-refractivity contribution is 7.99. The van der Waals surface area contributed by atoms with Gasteiger partial charge in [0.05, 0.1) is 17.9 Å². The zero-order chi connectivity index (χ0) is 21.4. The number of nitrogens with zero attached hydrogens (tertiary/aromatic N) is 5. The van der Waals surface area contributed by atoms with Gasteiger partial charge in [-0.2, -0.15) is 5.10 Å². The molecule has 0 fully saturated rings. The number of hydrogen-bond donors (Lipinski definition) is 1. The molecule has 31 heavy (non-hydrogen) atoms. The van der Waals surface area contributed by atoms with Gasteiger partial charge in [0.1, 0.15) is 11.2 Å². The van der Waals surface area contributed by atoms with E-state index in [0.29, 0.717) is 34.2 Å². The van der Waals surface area contributed by atoms with Gasteiger partial charge in [-0.1, -0.05) is 17.8 Å². The molecule has 10 heteroatoms. The number of hydrogen-bond acceptors (Lipinski definition) is 6. The fraction of sp³-hybridized carbons (Fsp3) is 0.190. The molecule has 3 aromatic heterocycles. The number of rotatable bonds is 5. The average molecular weight is 436 g/mol. The van der Waals surface area contributed by atoms with Gasteiger partial charge in [0, 0.05) is 31.1 Å². The van der Waals surface area contributed by atoms with Gasteiger partial charge in [0.25, 0.3) is 5.56 Å². The summed E-state index contributed by atoms with van der Waals surface area (Å²) in [5.74, 6) is 0.0877. The van der Waals surface area contributed by atoms with Crippen molar-refractivity contribution in [3.8, 4) is 5.69 Å². The molecule has 0 spiro atoms. The van der Waals surface area contributed by atoms with E-state index in [1.165, 1.54) is 34.8 Å². The maximum absolute atomic E-state index is 13.2. The van der Waals surface area contributed by atoms with Crippen molar-refractivity contribution in [3.63, 3.8) is 0 Å². The number of nitrogens with one attached hydrogen (secondary N) is 1. The number of halogens is 1. The van der Waals surface area contributed by atoms with E-state index < -0.39 is 0 Å². The monoisotopic (exact) mass is 436 g/mol. The first-order valence-corrected chi connectivity index (χ1v) is 10.6. The van der Waals surface area contributed by atoms with Crippen LogP contribution in [-0.4, -0.2) is 36.0 Å². The molecule has 8 nitrogen and oxygen atoms in total. The van der Waals surface area contributed by atoms with Crippen molar-refractivity contribution in [3.05, 3.63) is 76.7 Å². The number of aromatic nitrogens is 5. The van der Waals surface area contributed by atoms with Crippen LogP contribution in [0.15, 0.2) is 64.9 Å². The topological polar surface area (TPSA) is 94.7 Å². The first-order valence-electron chi connectivity index (χ1n) is 9.65. The lowest BCUT2D eigenvalue weighted by atomic mass is 10.2. The van der Waals surface area contributed by atoms with Gasteiger partial charge in [-0.15, -0.1) is 0 Å². The number of carbonyl (C=O) groups is 1. The van der Waals surface area contributed by atoms with E-state index in [1.807, 2.05) is 12.1 Å². The summed E-state index contributed by atoms with van der Waals surface area (Å²) < 4.78 is 16.3. The zero-order valence-electron chi connectivity index (χ0n) is 16.2. The van der Waals surface area contributed by atoms with Crippen molar-refractivity contribution in [1.29, 1.82) is 0 Å². The molecule has 1 N–H and O–H groups in total. The molecule has 5 rings (SSSR count). The molecule has 0 saturated heterocycles. The van der Waals surface area contributed by atoms with E-state index in [-0.39, 0.29) is 29.7 Å². The predicted octanol–water partition coefficient (Wildman–Crippen LogP) is 2.47. The fourth-order valence-electron chi connectivity index (χ4n) is 3.54. The Morgan fingerprint density at radius 1 is 1.23 bits per heavy atom. The molecule has 4 heterocycles. The normalized spacial score (nSPS) is 15.2. The molecule has 0 bridgehead atoms. The van der Waals surface area contributed by atoms with E-state index in [9.17, 15) is 14.0 Å². The lowest BCUT2D eigenvalue weighted by molar-refractivity contribution is -0.121. The van der Waals surface area contributed by atoms with E-state index in [4.69, 9.17) is 0 Å². The molecule has 1 aromatic carbocycles. The van der Waals surface area contributed by atoms with Gasteiger partial charge in [0.2, 0.25) is 5.91 Å². The Hall–Kier alpha value is -3.53. The Kier molecular flexibility index (Phi) is 4.99. The quantitative estimate of drug-likeness (QED) is 0.483. The van der Waals surface area contributed by atoms with Crippen LogP contribution in [0.2, 0.25) is 0 Å². The Bertz CT molecular complexity index is 1320. The van der Waals surface area contributed by atoms with Crippen molar-refractivity contribution >= 4 is 28.7 Å². The predicted molar refractivity (Wildman–Crippen MR) is 114 cm³/mol. The standard InChI is InChI=1S/C21H17FN6O2S/c22-14-3-5-15(6-4-14)28-19-17(11-25-28)20(30)27-16(12-31-21(27)26-19)8-18(29)24-10-13-2-1-7-23-9-13/h1-7,9,11,16H,8,10,12H2,(H,24,29). The van der Waals surface area contributed by atoms with Crippen LogP contribution in [0.3, 0.4) is 0 Å². The smallest absolute Gasteiger partial charge is 0.265 e. The minimum absolute atomic E-state index is 0.142. The zero-order valence-corrected chi connectivity index (χ0v) is 17.1. The van der Waals surface area contributed by atoms with Crippen molar-refractivity contribution in [1.82, 2.24) is 29.6 Å². The molecule has 1 unspecified atom stereocenters. The van der Waals surface area contributed by atoms with E-state index in [0.717, 1.165) is 5.56 Å². The lowest BCUT2D eigenvalue weighted by Gasteiger charge is -2.13. The molecule has 156 valence electrons. The third-order valence-electron chi connectivity index (χ3n) is 5.08. The average Bonchev–Trinajstić information content (AvgIpc) is 3.39. The van der Waals surface area contributed by atoms with Gasteiger partial charge in [-0.05, 0) is 35.9 Å². The molecular formula is C21H17FN6O2S. The maximum Gasteiger partial charge on any atom is 0.265 e. The summed E-state index contributed by atoms with van der Waals surface area (Å²) in [4.78, 5) is 34.2. The highest BCUT2D eigenvalue weighted by Gasteiger charge is 2.29. The Morgan fingerprint density at radius 2 is 2.06 bits per heavy atom. The van der Waals surface area contributed by atoms with Crippen molar-refractivity contribution in [2.45, 2.75) is 24.2 Å². The molecule has 4 aromatic rings. The number of thioether (sulfide) groups is 1. The number of amides is 1. The van der Waals surface area contributed by atoms with Crippen LogP contribution in [0, 0.1) is 5.82 Å². The van der Waals surface area contributed by atoms with Gasteiger partial charge in [-0.25, -0.2) is 14.1 Å². The largest absolute Gasteiger partial charge is 0.352 e. The number of fused-ring (bicyclic) bond motifs is 2. The Balaban J connectivity index is 1.39. The minimum Gasteiger partial charge on any atom is -0.352 e. The lowest BCUT2D eigenvalue weighted by Crippen LogP contribution is -2.30. The third-order valence-corrected chi connectivity index (χ3v) is 6.17. The number of carbonyl (C=O) groups excluding carboxylic acids is 1. The van der Waals surface area contributed by atoms with Crippen molar-refractivity contribution in [2.24, 2.45) is 0 Å². The van der Waals surface area contributed by atoms with Gasteiger partial charge in [-0.3, -0.25) is 19.1 Å². The fourth-order valence-corrected chi connectivity index (χ4v) is 4.67. The SMILES string of the molecule is O=C(CC1CSc2nc3c(cnn3-c3ccc(F)cc3)c(=O)n21)NCc1cccnc1. The van der Waals surface area contributed by atoms with Crippen molar-refractivity contribution in [2.75, 3.05) is 5.75 Å². The summed E-state index contributed by atoms with van der Waals surface area (Å²) in [6.45, 7) is 0.385. The maximum atomic E-state index is 13.2. The first kappa shape index (κ1) is 19.4. The van der Waals surface area contributed by atoms with Crippen LogP contribution in [0.5, 0.6) is 0 Å². The summed E-state index contributed by atoms with van der Waals surface area (Å²) in [5, 5.41) is 8.05. The van der Waals surface area contributed by atoms with Crippen LogP contribution in [-0.2, 0) is 11.3 Å². The molecule has 1 aliphatic rings. The molecule has 0 saturated carbocycles. The highest BCUT2D eigenvalue weighted by atomic mass is 32.2. The Labute approximate surface area is 180 Å². The highest BCUT2D eigenvalue weighted by Crippen LogP contribution is 2.33. The summed E-state index contributed by atoms with van der Waals surface area (Å²) >= 11 is 1.43. The van der Waals surface area contributed by atoms with Crippen LogP contribution >= 0.6 is 11.8 Å². The molecular weight excluding hydrogens is 419 g/mol. The van der Waals surface area contributed by atoms with Crippen LogP contribution in [0.1, 0.15) is 18.0 Å².